The summed E-state index contributed by atoms with van der Waals surface area (Å²) in [7, 11) is 5.25. The van der Waals surface area contributed by atoms with E-state index in [0.717, 1.165) is 0 Å². The number of esters is 1. The van der Waals surface area contributed by atoms with Gasteiger partial charge in [0.1, 0.15) is 30.5 Å². The zero-order chi connectivity index (χ0) is 46.5. The first-order chi connectivity index (χ1) is 28.1. The van der Waals surface area contributed by atoms with Crippen LogP contribution >= 0.6 is 0 Å². The largest absolute Gasteiger partial charge is 0.459 e. The number of aliphatic hydroxyl groups is 5. The maximum atomic E-state index is 14.4. The summed E-state index contributed by atoms with van der Waals surface area (Å²) in [4.78, 5) is 24.6. The Kier molecular flexibility index (Phi) is 19.5. The van der Waals surface area contributed by atoms with Crippen molar-refractivity contribution in [1.29, 1.82) is 0 Å². The molecule has 0 aromatic heterocycles. The van der Waals surface area contributed by atoms with Crippen molar-refractivity contribution in [3.63, 3.8) is 0 Å². The van der Waals surface area contributed by atoms with Crippen LogP contribution in [0.4, 0.5) is 0 Å². The van der Waals surface area contributed by atoms with Crippen LogP contribution in [0, 0.1) is 23.7 Å². The molecular weight excluding hydrogens is 791 g/mol. The number of nitrogens with zero attached hydrogens (tertiary/aromatic N) is 3. The molecule has 0 bridgehead atoms. The minimum absolute atomic E-state index is 0.0106. The van der Waals surface area contributed by atoms with Gasteiger partial charge in [0.2, 0.25) is 0 Å². The molecule has 358 valence electrons. The van der Waals surface area contributed by atoms with Gasteiger partial charge in [0.05, 0.1) is 53.4 Å². The summed E-state index contributed by atoms with van der Waals surface area (Å²) in [5.41, 5.74) is -4.35. The van der Waals surface area contributed by atoms with Gasteiger partial charge < -0.3 is 63.7 Å². The lowest BCUT2D eigenvalue weighted by Gasteiger charge is -2.49. The number of ether oxygens (including phenoxy) is 6. The van der Waals surface area contributed by atoms with Crippen LogP contribution in [0.15, 0.2) is 5.16 Å². The van der Waals surface area contributed by atoms with Crippen molar-refractivity contribution >= 4 is 11.7 Å². The Labute approximate surface area is 366 Å². The molecule has 3 heterocycles. The number of methoxy groups -OCH3 is 1. The number of aliphatic hydroxyl groups excluding tert-OH is 3. The van der Waals surface area contributed by atoms with E-state index < -0.39 is 102 Å². The summed E-state index contributed by atoms with van der Waals surface area (Å²) in [5, 5.41) is 64.3. The van der Waals surface area contributed by atoms with Crippen molar-refractivity contribution in [3.05, 3.63) is 0 Å². The Hall–Kier alpha value is -1.54. The third kappa shape index (κ3) is 12.8. The lowest BCUT2D eigenvalue weighted by Crippen LogP contribution is -2.61. The maximum Gasteiger partial charge on any atom is 0.311 e. The van der Waals surface area contributed by atoms with E-state index in [1.54, 1.807) is 48.5 Å². The van der Waals surface area contributed by atoms with Gasteiger partial charge in [-0.25, -0.2) is 0 Å². The van der Waals surface area contributed by atoms with Crippen molar-refractivity contribution in [2.45, 2.75) is 219 Å². The standard InChI is InChI=1S/C45H85N3O13/c1-18-33-45(14,54)38(50)28(8)35(46-56-20-19-48(24(2)3)25(4)5)26(6)22-43(12,53)40(61-42-36(49)32(47(15)16)21-27(7)57-42)29(9)37(30(10)41(52)59-33)60-34-23-44(13,55-17)39(51)31(11)58-34/h24-34,36-40,42,49-51,53-54H,18-23H2,1-17H3/b46-35+/t26-,27-,28+,29+,30-,31+,32+,33?,34+,36-,37?,38-,39+,40-,42+,43-,44-,45-/m1/s1. The van der Waals surface area contributed by atoms with Crippen molar-refractivity contribution < 1.29 is 63.6 Å². The molecular formula is C45H85N3O13. The van der Waals surface area contributed by atoms with Gasteiger partial charge in [-0.1, -0.05) is 32.9 Å². The van der Waals surface area contributed by atoms with E-state index >= 15 is 0 Å². The fourth-order valence-electron chi connectivity index (χ4n) is 9.97. The Morgan fingerprint density at radius 3 is 2.03 bits per heavy atom. The molecule has 2 unspecified atom stereocenters. The van der Waals surface area contributed by atoms with E-state index in [1.165, 1.54) is 14.0 Å². The van der Waals surface area contributed by atoms with Crippen molar-refractivity contribution in [2.24, 2.45) is 28.8 Å². The molecule has 0 radical (unpaired) electrons. The molecule has 3 aliphatic rings. The first kappa shape index (κ1) is 53.8. The summed E-state index contributed by atoms with van der Waals surface area (Å²) in [6.45, 7) is 26.5. The molecule has 3 fully saturated rings. The van der Waals surface area contributed by atoms with E-state index in [9.17, 15) is 30.3 Å². The number of carbonyl (C=O) groups excluding carboxylic acids is 1. The highest BCUT2D eigenvalue weighted by molar-refractivity contribution is 5.88. The Morgan fingerprint density at radius 2 is 1.49 bits per heavy atom. The molecule has 18 atom stereocenters. The summed E-state index contributed by atoms with van der Waals surface area (Å²) in [6, 6.07) is 0.220. The number of hydrogen-bond donors (Lipinski definition) is 5. The molecule has 0 aromatic carbocycles. The molecule has 3 rings (SSSR count). The van der Waals surface area contributed by atoms with Gasteiger partial charge in [-0.2, -0.15) is 0 Å². The van der Waals surface area contributed by atoms with Crippen LogP contribution < -0.4 is 0 Å². The summed E-state index contributed by atoms with van der Waals surface area (Å²) in [6.07, 6.45) is -9.26. The second-order valence-corrected chi connectivity index (χ2v) is 19.8. The van der Waals surface area contributed by atoms with Crippen LogP contribution in [-0.4, -0.2) is 178 Å². The number of rotatable bonds is 13. The van der Waals surface area contributed by atoms with E-state index in [2.05, 4.69) is 37.8 Å². The molecule has 0 aliphatic carbocycles. The van der Waals surface area contributed by atoms with Gasteiger partial charge in [0.25, 0.3) is 0 Å². The average Bonchev–Trinajstić information content (AvgIpc) is 3.17. The average molecular weight is 876 g/mol. The first-order valence-corrected chi connectivity index (χ1v) is 22.6. The van der Waals surface area contributed by atoms with Crippen molar-refractivity contribution in [2.75, 3.05) is 34.4 Å². The van der Waals surface area contributed by atoms with E-state index in [0.29, 0.717) is 18.7 Å². The number of oxime groups is 1. The van der Waals surface area contributed by atoms with Crippen LogP contribution in [0.25, 0.3) is 0 Å². The molecule has 16 nitrogen and oxygen atoms in total. The highest BCUT2D eigenvalue weighted by Crippen LogP contribution is 2.41. The second kappa shape index (κ2) is 22.1. The fraction of sp³-hybridized carbons (Fsp3) is 0.956. The van der Waals surface area contributed by atoms with Gasteiger partial charge in [0, 0.05) is 56.0 Å². The number of hydrogen-bond acceptors (Lipinski definition) is 16. The predicted molar refractivity (Wildman–Crippen MR) is 232 cm³/mol. The van der Waals surface area contributed by atoms with E-state index in [4.69, 9.17) is 33.3 Å². The molecule has 5 N–H and O–H groups in total. The number of cyclic esters (lactones) is 1. The zero-order valence-electron chi connectivity index (χ0n) is 40.4. The lowest BCUT2D eigenvalue weighted by atomic mass is 9.73. The maximum absolute atomic E-state index is 14.4. The van der Waals surface area contributed by atoms with Crippen LogP contribution in [0.3, 0.4) is 0 Å². The number of carbonyl (C=O) groups is 1. The van der Waals surface area contributed by atoms with Gasteiger partial charge >= 0.3 is 5.97 Å². The van der Waals surface area contributed by atoms with Crippen LogP contribution in [-0.2, 0) is 38.1 Å². The van der Waals surface area contributed by atoms with Crippen LogP contribution in [0.2, 0.25) is 0 Å². The SMILES string of the molecule is CCC1OC(=O)[C@H](C)C(O[C@H]2C[C@@](C)(OC)[C@@H](O)[C@H](C)O2)[C@H](C)[C@@H](O[C@@H]2O[C@H](C)C[C@H](N(C)C)[C@H]2O)[C@](C)(O)C[C@@H](C)/C(=N\OCCN(C(C)C)C(C)C)[C@H](C)[C@@H](O)[C@]1(C)O. The van der Waals surface area contributed by atoms with Gasteiger partial charge in [-0.15, -0.1) is 0 Å². The third-order valence-electron chi connectivity index (χ3n) is 13.8. The summed E-state index contributed by atoms with van der Waals surface area (Å²) < 4.78 is 37.9. The van der Waals surface area contributed by atoms with Crippen molar-refractivity contribution in [3.8, 4) is 0 Å². The normalized spacial score (nSPS) is 44.5. The van der Waals surface area contributed by atoms with E-state index in [-0.39, 0.29) is 50.1 Å². The van der Waals surface area contributed by atoms with Crippen molar-refractivity contribution in [1.82, 2.24) is 9.80 Å². The first-order valence-electron chi connectivity index (χ1n) is 22.6. The summed E-state index contributed by atoms with van der Waals surface area (Å²) in [5.74, 6) is -3.99. The molecule has 0 saturated carbocycles. The topological polar surface area (TPSA) is 202 Å². The molecule has 0 amide bonds. The molecule has 61 heavy (non-hydrogen) atoms. The zero-order valence-corrected chi connectivity index (χ0v) is 40.4. The van der Waals surface area contributed by atoms with Gasteiger partial charge in [-0.05, 0) is 103 Å². The highest BCUT2D eigenvalue weighted by atomic mass is 16.7. The quantitative estimate of drug-likeness (QED) is 0.102. The Morgan fingerprint density at radius 1 is 0.885 bits per heavy atom. The molecule has 3 aliphatic heterocycles. The minimum atomic E-state index is -1.94. The lowest BCUT2D eigenvalue weighted by molar-refractivity contribution is -0.317. The van der Waals surface area contributed by atoms with Gasteiger partial charge in [0.15, 0.2) is 12.6 Å². The molecule has 16 heteroatoms. The predicted octanol–water partition coefficient (Wildman–Crippen LogP) is 3.71. The van der Waals surface area contributed by atoms with Crippen LogP contribution in [0.5, 0.6) is 0 Å². The monoisotopic (exact) mass is 876 g/mol. The highest BCUT2D eigenvalue weighted by Gasteiger charge is 2.53. The Bertz CT molecular complexity index is 1390. The number of likely N-dealkylation sites (N-methyl/N-ethyl adjacent to an activating group) is 1. The third-order valence-corrected chi connectivity index (χ3v) is 13.8. The molecule has 0 aromatic rings. The summed E-state index contributed by atoms with van der Waals surface area (Å²) >= 11 is 0. The van der Waals surface area contributed by atoms with E-state index in [1.807, 2.05) is 32.8 Å². The smallest absolute Gasteiger partial charge is 0.311 e. The Balaban J connectivity index is 2.23. The van der Waals surface area contributed by atoms with Crippen LogP contribution in [0.1, 0.15) is 123 Å². The minimum Gasteiger partial charge on any atom is -0.459 e. The second-order valence-electron chi connectivity index (χ2n) is 19.8. The van der Waals surface area contributed by atoms with Gasteiger partial charge in [-0.3, -0.25) is 9.69 Å². The molecule has 3 saturated heterocycles. The fourth-order valence-corrected chi connectivity index (χ4v) is 9.97. The molecule has 0 spiro atoms.